The van der Waals surface area contributed by atoms with Crippen molar-refractivity contribution in [3.8, 4) is 0 Å². The van der Waals surface area contributed by atoms with Crippen molar-refractivity contribution >= 4 is 27.5 Å². The molecule has 1 saturated heterocycles. The highest BCUT2D eigenvalue weighted by molar-refractivity contribution is 6.08. The minimum Gasteiger partial charge on any atom is -0.341 e. The van der Waals surface area contributed by atoms with Gasteiger partial charge in [0.15, 0.2) is 0 Å². The molecule has 1 aliphatic heterocycles. The van der Waals surface area contributed by atoms with Crippen molar-refractivity contribution < 1.29 is 14.7 Å². The summed E-state index contributed by atoms with van der Waals surface area (Å²) >= 11 is 0. The topological polar surface area (TPSA) is 57.0 Å². The highest BCUT2D eigenvalue weighted by atomic mass is 16.6. The number of nitrogens with one attached hydrogen (secondary N) is 2. The van der Waals surface area contributed by atoms with E-state index >= 15 is 0 Å². The van der Waals surface area contributed by atoms with Crippen LogP contribution in [-0.4, -0.2) is 35.7 Å². The Bertz CT molecular complexity index is 1270. The van der Waals surface area contributed by atoms with Crippen LogP contribution in [0.4, 0.5) is 5.69 Å². The number of fused-ring (bicyclic) bond motifs is 3. The number of hydrogen-bond donors (Lipinski definition) is 2. The van der Waals surface area contributed by atoms with Gasteiger partial charge in [0, 0.05) is 51.6 Å². The van der Waals surface area contributed by atoms with Crippen LogP contribution in [0.5, 0.6) is 0 Å². The van der Waals surface area contributed by atoms with Gasteiger partial charge in [-0.2, -0.15) is 0 Å². The van der Waals surface area contributed by atoms with Crippen LogP contribution in [0, 0.1) is 10.1 Å². The lowest BCUT2D eigenvalue weighted by Crippen LogP contribution is -3.27. The molecule has 1 aromatic heterocycles. The van der Waals surface area contributed by atoms with E-state index in [1.165, 1.54) is 32.3 Å². The fraction of sp³-hybridized carbons (Fsp3) is 0.308. The molecule has 5 rings (SSSR count). The van der Waals surface area contributed by atoms with Crippen LogP contribution in [0.2, 0.25) is 0 Å². The fourth-order valence-corrected chi connectivity index (χ4v) is 5.22. The number of hydrogen-bond acceptors (Lipinski definition) is 2. The summed E-state index contributed by atoms with van der Waals surface area (Å²) in [5, 5.41) is 13.7. The number of non-ortho nitro benzene ring substituents is 1. The molecule has 0 spiro atoms. The summed E-state index contributed by atoms with van der Waals surface area (Å²) in [6.07, 6.45) is 0. The molecular formula is C26H30N4O2+2. The molecule has 0 aliphatic carbocycles. The Hall–Kier alpha value is -3.22. The number of para-hydroxylation sites is 1. The lowest BCUT2D eigenvalue weighted by molar-refractivity contribution is -1.02. The Morgan fingerprint density at radius 1 is 0.812 bits per heavy atom. The van der Waals surface area contributed by atoms with Crippen LogP contribution in [0.25, 0.3) is 21.8 Å². The maximum atomic E-state index is 11.0. The van der Waals surface area contributed by atoms with Gasteiger partial charge < -0.3 is 14.4 Å². The Balaban J connectivity index is 1.26. The van der Waals surface area contributed by atoms with E-state index in [1.807, 2.05) is 6.07 Å². The van der Waals surface area contributed by atoms with E-state index in [-0.39, 0.29) is 10.6 Å². The second kappa shape index (κ2) is 8.73. The number of piperazine rings is 1. The zero-order chi connectivity index (χ0) is 22.1. The molecule has 0 atom stereocenters. The van der Waals surface area contributed by atoms with Crippen LogP contribution in [0.15, 0.2) is 66.7 Å². The zero-order valence-electron chi connectivity index (χ0n) is 18.5. The zero-order valence-corrected chi connectivity index (χ0v) is 18.5. The Labute approximate surface area is 187 Å². The van der Waals surface area contributed by atoms with Crippen LogP contribution >= 0.6 is 0 Å². The van der Waals surface area contributed by atoms with Crippen molar-refractivity contribution in [2.45, 2.75) is 26.6 Å². The third-order valence-electron chi connectivity index (χ3n) is 6.85. The lowest BCUT2D eigenvalue weighted by atomic mass is 10.1. The van der Waals surface area contributed by atoms with E-state index in [0.29, 0.717) is 0 Å². The molecule has 3 aromatic carbocycles. The maximum Gasteiger partial charge on any atom is 0.269 e. The van der Waals surface area contributed by atoms with Gasteiger partial charge in [0.1, 0.15) is 39.3 Å². The number of aromatic nitrogens is 1. The first kappa shape index (κ1) is 20.7. The summed E-state index contributed by atoms with van der Waals surface area (Å²) in [5.74, 6) is 0. The highest BCUT2D eigenvalue weighted by Crippen LogP contribution is 2.29. The van der Waals surface area contributed by atoms with Crippen LogP contribution < -0.4 is 9.80 Å². The van der Waals surface area contributed by atoms with E-state index < -0.39 is 0 Å². The summed E-state index contributed by atoms with van der Waals surface area (Å²) < 4.78 is 2.40. The maximum absolute atomic E-state index is 11.0. The van der Waals surface area contributed by atoms with Crippen molar-refractivity contribution in [3.63, 3.8) is 0 Å². The SMILES string of the molecule is CCn1c2ccccc2c2cc(C[NH+]3CC[NH+](Cc4cccc([N+](=O)[O-])c4)CC3)ccc21. The van der Waals surface area contributed by atoms with Crippen molar-refractivity contribution in [2.75, 3.05) is 26.2 Å². The molecule has 6 nitrogen and oxygen atoms in total. The summed E-state index contributed by atoms with van der Waals surface area (Å²) in [6.45, 7) is 9.52. The molecule has 2 heterocycles. The third kappa shape index (κ3) is 3.99. The molecule has 0 radical (unpaired) electrons. The molecule has 0 bridgehead atoms. The minimum absolute atomic E-state index is 0.186. The Kier molecular flexibility index (Phi) is 5.64. The fourth-order valence-electron chi connectivity index (χ4n) is 5.22. The Morgan fingerprint density at radius 2 is 1.47 bits per heavy atom. The highest BCUT2D eigenvalue weighted by Gasteiger charge is 2.24. The Morgan fingerprint density at radius 3 is 2.16 bits per heavy atom. The van der Waals surface area contributed by atoms with E-state index in [1.54, 1.807) is 23.1 Å². The molecule has 0 saturated carbocycles. The van der Waals surface area contributed by atoms with Crippen molar-refractivity contribution in [3.05, 3.63) is 88.0 Å². The lowest BCUT2D eigenvalue weighted by Gasteiger charge is -2.29. The van der Waals surface area contributed by atoms with E-state index in [4.69, 9.17) is 0 Å². The molecule has 0 unspecified atom stereocenters. The van der Waals surface area contributed by atoms with Gasteiger partial charge in [0.05, 0.1) is 4.92 Å². The van der Waals surface area contributed by atoms with Gasteiger partial charge >= 0.3 is 0 Å². The van der Waals surface area contributed by atoms with Gasteiger partial charge in [-0.25, -0.2) is 0 Å². The first-order chi connectivity index (χ1) is 15.6. The number of nitrogens with zero attached hydrogens (tertiary/aromatic N) is 2. The molecule has 1 aliphatic rings. The van der Waals surface area contributed by atoms with E-state index in [2.05, 4.69) is 54.0 Å². The standard InChI is InChI=1S/C26H28N4O2/c1-2-29-25-9-4-3-8-23(25)24-17-21(10-11-26(24)29)19-28-14-12-27(13-15-28)18-20-6-5-7-22(16-20)30(31)32/h3-11,16-17H,2,12-15,18-19H2,1H3/p+2. The van der Waals surface area contributed by atoms with Crippen molar-refractivity contribution in [2.24, 2.45) is 0 Å². The molecule has 1 fully saturated rings. The molecule has 0 amide bonds. The average Bonchev–Trinajstić information content (AvgIpc) is 3.13. The van der Waals surface area contributed by atoms with Crippen LogP contribution in [0.1, 0.15) is 18.1 Å². The van der Waals surface area contributed by atoms with Crippen molar-refractivity contribution in [1.29, 1.82) is 0 Å². The normalized spacial score (nSPS) is 18.9. The molecule has 32 heavy (non-hydrogen) atoms. The predicted molar refractivity (Wildman–Crippen MR) is 127 cm³/mol. The summed E-state index contributed by atoms with van der Waals surface area (Å²) in [6, 6.07) is 22.7. The summed E-state index contributed by atoms with van der Waals surface area (Å²) in [5.41, 5.74) is 5.27. The number of rotatable bonds is 6. The predicted octanol–water partition coefficient (Wildman–Crippen LogP) is 2.21. The monoisotopic (exact) mass is 430 g/mol. The number of nitro groups is 1. The molecule has 4 aromatic rings. The van der Waals surface area contributed by atoms with Gasteiger partial charge in [0.2, 0.25) is 0 Å². The first-order valence-corrected chi connectivity index (χ1v) is 11.5. The van der Waals surface area contributed by atoms with Gasteiger partial charge in [0.25, 0.3) is 5.69 Å². The number of benzene rings is 3. The van der Waals surface area contributed by atoms with Crippen LogP contribution in [0.3, 0.4) is 0 Å². The number of nitro benzene ring substituents is 1. The van der Waals surface area contributed by atoms with Gasteiger partial charge in [-0.05, 0) is 25.1 Å². The molecule has 6 heteroatoms. The number of quaternary nitrogens is 2. The van der Waals surface area contributed by atoms with Gasteiger partial charge in [-0.3, -0.25) is 10.1 Å². The third-order valence-corrected chi connectivity index (χ3v) is 6.85. The van der Waals surface area contributed by atoms with Crippen LogP contribution in [-0.2, 0) is 19.6 Å². The summed E-state index contributed by atoms with van der Waals surface area (Å²) in [7, 11) is 0. The van der Waals surface area contributed by atoms with Crippen molar-refractivity contribution in [1.82, 2.24) is 4.57 Å². The number of aryl methyl sites for hydroxylation is 1. The minimum atomic E-state index is -0.310. The molecular weight excluding hydrogens is 400 g/mol. The molecule has 164 valence electrons. The smallest absolute Gasteiger partial charge is 0.269 e. The first-order valence-electron chi connectivity index (χ1n) is 11.5. The molecule has 2 N–H and O–H groups in total. The quantitative estimate of drug-likeness (QED) is 0.364. The largest absolute Gasteiger partial charge is 0.341 e. The van der Waals surface area contributed by atoms with Gasteiger partial charge in [-0.1, -0.05) is 36.4 Å². The second-order valence-electron chi connectivity index (χ2n) is 8.89. The summed E-state index contributed by atoms with van der Waals surface area (Å²) in [4.78, 5) is 13.8. The van der Waals surface area contributed by atoms with E-state index in [0.717, 1.165) is 51.4 Å². The van der Waals surface area contributed by atoms with E-state index in [9.17, 15) is 10.1 Å². The average molecular weight is 431 g/mol. The van der Waals surface area contributed by atoms with Gasteiger partial charge in [-0.15, -0.1) is 0 Å². The second-order valence-corrected chi connectivity index (χ2v) is 8.89.